The van der Waals surface area contributed by atoms with Crippen molar-refractivity contribution < 1.29 is 9.84 Å². The van der Waals surface area contributed by atoms with Crippen LogP contribution in [0.15, 0.2) is 0 Å². The van der Waals surface area contributed by atoms with E-state index in [9.17, 15) is 5.11 Å². The second-order valence-electron chi connectivity index (χ2n) is 7.65. The van der Waals surface area contributed by atoms with Crippen molar-refractivity contribution in [2.75, 3.05) is 13.7 Å². The molecule has 3 heteroatoms. The molecule has 1 fully saturated rings. The van der Waals surface area contributed by atoms with Crippen LogP contribution in [0.25, 0.3) is 0 Å². The van der Waals surface area contributed by atoms with Crippen molar-refractivity contribution in [1.82, 2.24) is 5.32 Å². The highest BCUT2D eigenvalue weighted by atomic mass is 16.5. The zero-order valence-corrected chi connectivity index (χ0v) is 13.6. The fourth-order valence-corrected chi connectivity index (χ4v) is 3.62. The van der Waals surface area contributed by atoms with Crippen molar-refractivity contribution in [3.05, 3.63) is 0 Å². The molecule has 0 aromatic carbocycles. The molecule has 4 atom stereocenters. The predicted octanol–water partition coefficient (Wildman–Crippen LogP) is 2.97. The van der Waals surface area contributed by atoms with E-state index in [2.05, 4.69) is 33.0 Å². The quantitative estimate of drug-likeness (QED) is 0.780. The Hall–Kier alpha value is -0.120. The second kappa shape index (κ2) is 6.55. The lowest BCUT2D eigenvalue weighted by Crippen LogP contribution is -2.46. The van der Waals surface area contributed by atoms with Gasteiger partial charge in [0, 0.05) is 5.54 Å². The van der Waals surface area contributed by atoms with Gasteiger partial charge in [0.05, 0.1) is 18.8 Å². The first-order valence-electron chi connectivity index (χ1n) is 7.65. The summed E-state index contributed by atoms with van der Waals surface area (Å²) in [5.74, 6) is 0.745. The average Bonchev–Trinajstić information content (AvgIpc) is 2.25. The SMILES string of the molecule is CNC(C)(CO)CC(C)OC1CC(C)CC(C)(C)C1. The number of nitrogens with one attached hydrogen (secondary N) is 1. The molecule has 0 aromatic rings. The van der Waals surface area contributed by atoms with Crippen LogP contribution in [0, 0.1) is 11.3 Å². The first-order valence-corrected chi connectivity index (χ1v) is 7.65. The van der Waals surface area contributed by atoms with E-state index in [4.69, 9.17) is 4.74 Å². The molecule has 1 aliphatic rings. The molecule has 0 amide bonds. The van der Waals surface area contributed by atoms with Crippen LogP contribution in [0.5, 0.6) is 0 Å². The van der Waals surface area contributed by atoms with E-state index in [0.717, 1.165) is 18.8 Å². The van der Waals surface area contributed by atoms with Gasteiger partial charge in [-0.1, -0.05) is 20.8 Å². The fourth-order valence-electron chi connectivity index (χ4n) is 3.62. The van der Waals surface area contributed by atoms with E-state index >= 15 is 0 Å². The van der Waals surface area contributed by atoms with Crippen LogP contribution in [0.4, 0.5) is 0 Å². The standard InChI is InChI=1S/C16H33NO2/c1-12-7-14(10-15(3,4)8-12)19-13(2)9-16(5,11-18)17-6/h12-14,17-18H,7-11H2,1-6H3. The molecule has 1 aliphatic carbocycles. The van der Waals surface area contributed by atoms with Crippen molar-refractivity contribution in [3.8, 4) is 0 Å². The molecule has 0 aromatic heterocycles. The van der Waals surface area contributed by atoms with E-state index < -0.39 is 0 Å². The van der Waals surface area contributed by atoms with Gasteiger partial charge >= 0.3 is 0 Å². The topological polar surface area (TPSA) is 41.5 Å². The van der Waals surface area contributed by atoms with E-state index in [-0.39, 0.29) is 18.2 Å². The van der Waals surface area contributed by atoms with Crippen LogP contribution in [-0.4, -0.2) is 36.5 Å². The van der Waals surface area contributed by atoms with Crippen LogP contribution < -0.4 is 5.32 Å². The van der Waals surface area contributed by atoms with Crippen LogP contribution >= 0.6 is 0 Å². The summed E-state index contributed by atoms with van der Waals surface area (Å²) in [5.41, 5.74) is 0.153. The number of aliphatic hydroxyl groups excluding tert-OH is 1. The molecule has 0 saturated heterocycles. The van der Waals surface area contributed by atoms with Gasteiger partial charge < -0.3 is 15.2 Å². The highest BCUT2D eigenvalue weighted by Crippen LogP contribution is 2.40. The van der Waals surface area contributed by atoms with Crippen LogP contribution in [0.1, 0.15) is 60.3 Å². The average molecular weight is 271 g/mol. The molecular weight excluding hydrogens is 238 g/mol. The summed E-state index contributed by atoms with van der Waals surface area (Å²) >= 11 is 0. The Kier molecular flexibility index (Phi) is 5.84. The molecule has 0 aliphatic heterocycles. The highest BCUT2D eigenvalue weighted by molar-refractivity contribution is 4.86. The van der Waals surface area contributed by atoms with Gasteiger partial charge in [0.25, 0.3) is 0 Å². The Bertz CT molecular complexity index is 274. The highest BCUT2D eigenvalue weighted by Gasteiger charge is 2.34. The summed E-state index contributed by atoms with van der Waals surface area (Å²) in [6.45, 7) is 11.3. The fraction of sp³-hybridized carbons (Fsp3) is 1.00. The molecular formula is C16H33NO2. The Morgan fingerprint density at radius 2 is 2.05 bits per heavy atom. The van der Waals surface area contributed by atoms with Crippen LogP contribution in [-0.2, 0) is 4.74 Å². The second-order valence-corrected chi connectivity index (χ2v) is 7.65. The first-order chi connectivity index (χ1) is 8.69. The van der Waals surface area contributed by atoms with E-state index in [1.807, 2.05) is 14.0 Å². The zero-order chi connectivity index (χ0) is 14.7. The van der Waals surface area contributed by atoms with Gasteiger partial charge in [-0.25, -0.2) is 0 Å². The molecule has 19 heavy (non-hydrogen) atoms. The van der Waals surface area contributed by atoms with E-state index in [0.29, 0.717) is 11.5 Å². The number of hydrogen-bond donors (Lipinski definition) is 2. The molecule has 0 spiro atoms. The summed E-state index contributed by atoms with van der Waals surface area (Å²) in [5, 5.41) is 12.6. The number of aliphatic hydroxyl groups is 1. The summed E-state index contributed by atoms with van der Waals surface area (Å²) in [6.07, 6.45) is 5.00. The summed E-state index contributed by atoms with van der Waals surface area (Å²) in [4.78, 5) is 0. The minimum atomic E-state index is -0.241. The number of likely N-dealkylation sites (N-methyl/N-ethyl adjacent to an activating group) is 1. The molecule has 114 valence electrons. The lowest BCUT2D eigenvalue weighted by molar-refractivity contribution is -0.0704. The smallest absolute Gasteiger partial charge is 0.0611 e. The lowest BCUT2D eigenvalue weighted by Gasteiger charge is -2.40. The number of ether oxygens (including phenoxy) is 1. The normalized spacial score (nSPS) is 31.7. The third-order valence-corrected chi connectivity index (χ3v) is 4.46. The predicted molar refractivity (Wildman–Crippen MR) is 80.3 cm³/mol. The maximum atomic E-state index is 9.45. The zero-order valence-electron chi connectivity index (χ0n) is 13.6. The van der Waals surface area contributed by atoms with Gasteiger partial charge in [0.2, 0.25) is 0 Å². The molecule has 0 radical (unpaired) electrons. The largest absolute Gasteiger partial charge is 0.394 e. The minimum absolute atomic E-state index is 0.143. The van der Waals surface area contributed by atoms with Gasteiger partial charge in [0.15, 0.2) is 0 Å². The number of rotatable bonds is 6. The van der Waals surface area contributed by atoms with Gasteiger partial charge in [-0.15, -0.1) is 0 Å². The van der Waals surface area contributed by atoms with Crippen LogP contribution in [0.3, 0.4) is 0 Å². The molecule has 2 N–H and O–H groups in total. The Labute approximate surface area is 119 Å². The monoisotopic (exact) mass is 271 g/mol. The van der Waals surface area contributed by atoms with Gasteiger partial charge in [-0.05, 0) is 57.9 Å². The number of hydrogen-bond acceptors (Lipinski definition) is 3. The summed E-state index contributed by atoms with van der Waals surface area (Å²) in [6, 6.07) is 0. The first kappa shape index (κ1) is 16.9. The summed E-state index contributed by atoms with van der Waals surface area (Å²) in [7, 11) is 1.90. The third-order valence-electron chi connectivity index (χ3n) is 4.46. The Morgan fingerprint density at radius 1 is 1.42 bits per heavy atom. The Morgan fingerprint density at radius 3 is 2.53 bits per heavy atom. The lowest BCUT2D eigenvalue weighted by atomic mass is 9.71. The minimum Gasteiger partial charge on any atom is -0.394 e. The molecule has 0 heterocycles. The molecule has 3 nitrogen and oxygen atoms in total. The molecule has 1 rings (SSSR count). The van der Waals surface area contributed by atoms with Gasteiger partial charge in [0.1, 0.15) is 0 Å². The molecule has 1 saturated carbocycles. The van der Waals surface area contributed by atoms with Crippen molar-refractivity contribution in [2.45, 2.75) is 78.0 Å². The Balaban J connectivity index is 2.50. The van der Waals surface area contributed by atoms with Crippen molar-refractivity contribution in [2.24, 2.45) is 11.3 Å². The molecule has 0 bridgehead atoms. The van der Waals surface area contributed by atoms with Gasteiger partial charge in [-0.2, -0.15) is 0 Å². The van der Waals surface area contributed by atoms with Crippen molar-refractivity contribution in [3.63, 3.8) is 0 Å². The van der Waals surface area contributed by atoms with Gasteiger partial charge in [-0.3, -0.25) is 0 Å². The van der Waals surface area contributed by atoms with E-state index in [1.54, 1.807) is 0 Å². The summed E-state index contributed by atoms with van der Waals surface area (Å²) < 4.78 is 6.25. The third kappa shape index (κ3) is 5.41. The molecule has 4 unspecified atom stereocenters. The maximum absolute atomic E-state index is 9.45. The maximum Gasteiger partial charge on any atom is 0.0611 e. The van der Waals surface area contributed by atoms with Crippen molar-refractivity contribution in [1.29, 1.82) is 0 Å². The van der Waals surface area contributed by atoms with E-state index in [1.165, 1.54) is 12.8 Å². The van der Waals surface area contributed by atoms with Crippen LogP contribution in [0.2, 0.25) is 0 Å². The van der Waals surface area contributed by atoms with Crippen molar-refractivity contribution >= 4 is 0 Å².